The van der Waals surface area contributed by atoms with Crippen LogP contribution in [0, 0.1) is 0 Å². The largest absolute Gasteiger partial charge is 0.341 e. The third-order valence-corrected chi connectivity index (χ3v) is 6.91. The summed E-state index contributed by atoms with van der Waals surface area (Å²) in [6, 6.07) is 4.71. The summed E-state index contributed by atoms with van der Waals surface area (Å²) in [4.78, 5) is 25.6. The third kappa shape index (κ3) is 5.96. The third-order valence-electron chi connectivity index (χ3n) is 4.04. The van der Waals surface area contributed by atoms with Gasteiger partial charge in [-0.3, -0.25) is 4.79 Å². The Hall–Kier alpha value is -1.13. The molecule has 1 saturated heterocycles. The average molecular weight is 497 g/mol. The number of rotatable bonds is 4. The topological polar surface area (TPSA) is 95.6 Å². The van der Waals surface area contributed by atoms with E-state index in [1.54, 1.807) is 25.2 Å². The van der Waals surface area contributed by atoms with E-state index in [-0.39, 0.29) is 30.0 Å². The Morgan fingerprint density at radius 1 is 1.24 bits per heavy atom. The van der Waals surface area contributed by atoms with Gasteiger partial charge in [-0.05, 0) is 47.0 Å². The smallest absolute Gasteiger partial charge is 0.319 e. The molecule has 1 fully saturated rings. The maximum absolute atomic E-state index is 12.2. The van der Waals surface area contributed by atoms with Gasteiger partial charge in [0.25, 0.3) is 0 Å². The van der Waals surface area contributed by atoms with Crippen LogP contribution in [0.5, 0.6) is 0 Å². The van der Waals surface area contributed by atoms with Gasteiger partial charge in [0, 0.05) is 22.0 Å². The van der Waals surface area contributed by atoms with E-state index < -0.39 is 15.9 Å². The zero-order valence-corrected chi connectivity index (χ0v) is 17.6. The molecule has 0 spiro atoms. The molecular formula is C15H19Br2N3O4S. The SMILES string of the molecule is CN(C(=O)CNC(=O)Nc1ccc(Br)cc1Br)C1CCS(=O)(=O)CC1. The van der Waals surface area contributed by atoms with Crippen molar-refractivity contribution in [3.8, 4) is 0 Å². The molecule has 2 rings (SSSR count). The fourth-order valence-corrected chi connectivity index (χ4v) is 5.12. The molecule has 25 heavy (non-hydrogen) atoms. The van der Waals surface area contributed by atoms with Gasteiger partial charge in [0.15, 0.2) is 0 Å². The van der Waals surface area contributed by atoms with Gasteiger partial charge in [0.1, 0.15) is 9.84 Å². The quantitative estimate of drug-likeness (QED) is 0.668. The second kappa shape index (κ2) is 8.50. The van der Waals surface area contributed by atoms with Crippen LogP contribution in [-0.4, -0.2) is 56.4 Å². The Kier molecular flexibility index (Phi) is 6.86. The number of sulfone groups is 1. The number of benzene rings is 1. The highest BCUT2D eigenvalue weighted by Gasteiger charge is 2.28. The molecule has 0 radical (unpaired) electrons. The van der Waals surface area contributed by atoms with E-state index in [0.717, 1.165) is 4.47 Å². The number of anilines is 1. The van der Waals surface area contributed by atoms with Crippen LogP contribution in [0.15, 0.2) is 27.1 Å². The zero-order chi connectivity index (χ0) is 18.6. The molecule has 138 valence electrons. The lowest BCUT2D eigenvalue weighted by molar-refractivity contribution is -0.131. The number of urea groups is 1. The van der Waals surface area contributed by atoms with E-state index >= 15 is 0 Å². The Balaban J connectivity index is 1.81. The minimum absolute atomic E-state index is 0.0980. The summed E-state index contributed by atoms with van der Waals surface area (Å²) in [5.41, 5.74) is 0.582. The first-order valence-corrected chi connectivity index (χ1v) is 11.0. The molecule has 1 aliphatic heterocycles. The normalized spacial score (nSPS) is 16.9. The fraction of sp³-hybridized carbons (Fsp3) is 0.467. The first kappa shape index (κ1) is 20.2. The molecular weight excluding hydrogens is 478 g/mol. The van der Waals surface area contributed by atoms with Gasteiger partial charge in [-0.1, -0.05) is 15.9 Å². The van der Waals surface area contributed by atoms with Gasteiger partial charge in [-0.15, -0.1) is 0 Å². The number of carbonyl (C=O) groups excluding carboxylic acids is 2. The predicted octanol–water partition coefficient (Wildman–Crippen LogP) is 2.37. The highest BCUT2D eigenvalue weighted by Crippen LogP contribution is 2.26. The summed E-state index contributed by atoms with van der Waals surface area (Å²) >= 11 is 6.67. The Labute approximate surface area is 163 Å². The Morgan fingerprint density at radius 3 is 2.48 bits per heavy atom. The van der Waals surface area contributed by atoms with Crippen molar-refractivity contribution >= 4 is 59.3 Å². The van der Waals surface area contributed by atoms with Gasteiger partial charge in [-0.2, -0.15) is 0 Å². The van der Waals surface area contributed by atoms with Crippen LogP contribution in [0.4, 0.5) is 10.5 Å². The molecule has 2 N–H and O–H groups in total. The second-order valence-corrected chi connectivity index (χ2v) is 9.89. The number of carbonyl (C=O) groups is 2. The second-order valence-electron chi connectivity index (χ2n) is 5.82. The molecule has 0 unspecified atom stereocenters. The Bertz CT molecular complexity index is 756. The van der Waals surface area contributed by atoms with Gasteiger partial charge >= 0.3 is 6.03 Å². The minimum atomic E-state index is -2.97. The zero-order valence-electron chi connectivity index (χ0n) is 13.6. The lowest BCUT2D eigenvalue weighted by Crippen LogP contribution is -2.46. The summed E-state index contributed by atoms with van der Waals surface area (Å²) in [7, 11) is -1.33. The van der Waals surface area contributed by atoms with Crippen molar-refractivity contribution in [1.82, 2.24) is 10.2 Å². The van der Waals surface area contributed by atoms with Crippen LogP contribution in [0.25, 0.3) is 0 Å². The van der Waals surface area contributed by atoms with Crippen molar-refractivity contribution < 1.29 is 18.0 Å². The van der Waals surface area contributed by atoms with E-state index in [0.29, 0.717) is 23.0 Å². The number of nitrogens with zero attached hydrogens (tertiary/aromatic N) is 1. The van der Waals surface area contributed by atoms with E-state index in [9.17, 15) is 18.0 Å². The van der Waals surface area contributed by atoms with Crippen LogP contribution < -0.4 is 10.6 Å². The number of likely N-dealkylation sites (N-methyl/N-ethyl adjacent to an activating group) is 1. The van der Waals surface area contributed by atoms with Crippen LogP contribution in [0.1, 0.15) is 12.8 Å². The molecule has 1 aromatic carbocycles. The maximum Gasteiger partial charge on any atom is 0.319 e. The van der Waals surface area contributed by atoms with Crippen molar-refractivity contribution in [3.63, 3.8) is 0 Å². The van der Waals surface area contributed by atoms with E-state index in [2.05, 4.69) is 42.5 Å². The number of amides is 3. The maximum atomic E-state index is 12.2. The summed E-state index contributed by atoms with van der Waals surface area (Å²) < 4.78 is 24.5. The summed E-state index contributed by atoms with van der Waals surface area (Å²) in [5, 5.41) is 5.17. The molecule has 0 aromatic heterocycles. The highest BCUT2D eigenvalue weighted by atomic mass is 79.9. The number of hydrogen-bond acceptors (Lipinski definition) is 4. The summed E-state index contributed by atoms with van der Waals surface area (Å²) in [6.07, 6.45) is 0.866. The molecule has 0 saturated carbocycles. The van der Waals surface area contributed by atoms with Crippen LogP contribution in [0.3, 0.4) is 0 Å². The van der Waals surface area contributed by atoms with Crippen molar-refractivity contribution in [3.05, 3.63) is 27.1 Å². The molecule has 1 aromatic rings. The molecule has 1 aliphatic rings. The number of halogens is 2. The van der Waals surface area contributed by atoms with Gasteiger partial charge in [0.2, 0.25) is 5.91 Å². The molecule has 1 heterocycles. The van der Waals surface area contributed by atoms with Crippen molar-refractivity contribution in [2.75, 3.05) is 30.4 Å². The average Bonchev–Trinajstić information content (AvgIpc) is 2.54. The van der Waals surface area contributed by atoms with E-state index in [4.69, 9.17) is 0 Å². The lowest BCUT2D eigenvalue weighted by Gasteiger charge is -2.31. The standard InChI is InChI=1S/C15H19Br2N3O4S/c1-20(11-4-6-25(23,24)7-5-11)14(21)9-18-15(22)19-13-3-2-10(16)8-12(13)17/h2-3,8,11H,4-7,9H2,1H3,(H2,18,19,22). The van der Waals surface area contributed by atoms with Gasteiger partial charge < -0.3 is 15.5 Å². The van der Waals surface area contributed by atoms with E-state index in [1.165, 1.54) is 4.90 Å². The summed E-state index contributed by atoms with van der Waals surface area (Å²) in [5.74, 6) is -0.0592. The molecule has 10 heteroatoms. The molecule has 0 bridgehead atoms. The lowest BCUT2D eigenvalue weighted by atomic mass is 10.1. The van der Waals surface area contributed by atoms with Crippen LogP contribution in [0.2, 0.25) is 0 Å². The van der Waals surface area contributed by atoms with E-state index in [1.807, 2.05) is 0 Å². The highest BCUT2D eigenvalue weighted by molar-refractivity contribution is 9.11. The number of nitrogens with one attached hydrogen (secondary N) is 2. The van der Waals surface area contributed by atoms with Gasteiger partial charge in [0.05, 0.1) is 23.7 Å². The molecule has 0 aliphatic carbocycles. The predicted molar refractivity (Wildman–Crippen MR) is 103 cm³/mol. The monoisotopic (exact) mass is 495 g/mol. The fourth-order valence-electron chi connectivity index (χ4n) is 2.51. The van der Waals surface area contributed by atoms with Gasteiger partial charge in [-0.25, -0.2) is 13.2 Å². The van der Waals surface area contributed by atoms with Crippen molar-refractivity contribution in [2.45, 2.75) is 18.9 Å². The molecule has 7 nitrogen and oxygen atoms in total. The summed E-state index contributed by atoms with van der Waals surface area (Å²) in [6.45, 7) is -0.153. The van der Waals surface area contributed by atoms with Crippen molar-refractivity contribution in [1.29, 1.82) is 0 Å². The molecule has 0 atom stereocenters. The van der Waals surface area contributed by atoms with Crippen LogP contribution >= 0.6 is 31.9 Å². The minimum Gasteiger partial charge on any atom is -0.341 e. The molecule has 3 amide bonds. The van der Waals surface area contributed by atoms with Crippen molar-refractivity contribution in [2.24, 2.45) is 0 Å². The van der Waals surface area contributed by atoms with Crippen LogP contribution in [-0.2, 0) is 14.6 Å². The first-order valence-electron chi connectivity index (χ1n) is 7.64. The first-order chi connectivity index (χ1) is 11.7. The number of hydrogen-bond donors (Lipinski definition) is 2. The Morgan fingerprint density at radius 2 is 1.88 bits per heavy atom.